The fourth-order valence-electron chi connectivity index (χ4n) is 4.04. The molecule has 0 bridgehead atoms. The molecule has 2 N–H and O–H groups in total. The maximum atomic E-state index is 15.3. The normalized spacial score (nSPS) is 15.9. The van der Waals surface area contributed by atoms with Gasteiger partial charge in [0.25, 0.3) is 10.0 Å². The van der Waals surface area contributed by atoms with Gasteiger partial charge < -0.3 is 9.84 Å². The van der Waals surface area contributed by atoms with Gasteiger partial charge in [-0.3, -0.25) is 4.72 Å². The van der Waals surface area contributed by atoms with E-state index in [1.165, 1.54) is 12.5 Å². The maximum Gasteiger partial charge on any atom is 0.338 e. The number of methoxy groups -OCH3 is 1. The van der Waals surface area contributed by atoms with E-state index in [4.69, 9.17) is 9.84 Å². The lowest BCUT2D eigenvalue weighted by atomic mass is 9.86. The molecule has 4 rings (SSSR count). The Morgan fingerprint density at radius 3 is 2.61 bits per heavy atom. The van der Waals surface area contributed by atoms with Crippen LogP contribution in [-0.4, -0.2) is 31.6 Å². The van der Waals surface area contributed by atoms with E-state index >= 15 is 4.39 Å². The molecule has 3 aromatic rings. The van der Waals surface area contributed by atoms with E-state index in [9.17, 15) is 17.6 Å². The predicted molar refractivity (Wildman–Crippen MR) is 134 cm³/mol. The van der Waals surface area contributed by atoms with Gasteiger partial charge in [0.15, 0.2) is 5.03 Å². The Bertz CT molecular complexity index is 1480. The highest BCUT2D eigenvalue weighted by atomic mass is 32.2. The highest BCUT2D eigenvalue weighted by Gasteiger charge is 2.25. The fraction of sp³-hybridized carbons (Fsp3) is 0.280. The van der Waals surface area contributed by atoms with Crippen LogP contribution in [0, 0.1) is 24.5 Å². The van der Waals surface area contributed by atoms with Crippen molar-refractivity contribution >= 4 is 38.6 Å². The summed E-state index contributed by atoms with van der Waals surface area (Å²) in [5.41, 5.74) is 1.42. The van der Waals surface area contributed by atoms with Crippen LogP contribution in [0.4, 0.5) is 14.5 Å². The van der Waals surface area contributed by atoms with Crippen molar-refractivity contribution in [1.82, 2.24) is 4.98 Å². The van der Waals surface area contributed by atoms with Crippen LogP contribution in [0.15, 0.2) is 40.7 Å². The third-order valence-electron chi connectivity index (χ3n) is 6.16. The minimum Gasteiger partial charge on any atom is -0.495 e. The number of thiazole rings is 1. The number of benzene rings is 2. The highest BCUT2D eigenvalue weighted by molar-refractivity contribution is 7.92. The molecule has 1 aliphatic carbocycles. The van der Waals surface area contributed by atoms with Gasteiger partial charge in [0.05, 0.1) is 18.4 Å². The highest BCUT2D eigenvalue weighted by Crippen LogP contribution is 2.37. The molecule has 2 aromatic carbocycles. The summed E-state index contributed by atoms with van der Waals surface area (Å²) in [4.78, 5) is 15.3. The minimum atomic E-state index is -4.28. The van der Waals surface area contributed by atoms with Gasteiger partial charge >= 0.3 is 5.97 Å². The lowest BCUT2D eigenvalue weighted by molar-refractivity contribution is 0.0691. The van der Waals surface area contributed by atoms with Gasteiger partial charge in [0.2, 0.25) is 0 Å². The number of anilines is 1. The van der Waals surface area contributed by atoms with E-state index in [1.54, 1.807) is 19.1 Å². The number of sulfonamides is 1. The fourth-order valence-corrected chi connectivity index (χ4v) is 6.28. The number of rotatable bonds is 7. The first-order valence-corrected chi connectivity index (χ1v) is 13.5. The topological polar surface area (TPSA) is 106 Å². The number of hydrogen-bond donors (Lipinski definition) is 2. The van der Waals surface area contributed by atoms with E-state index in [1.807, 2.05) is 0 Å². The number of halogens is 2. The largest absolute Gasteiger partial charge is 0.495 e. The molecule has 1 unspecified atom stereocenters. The number of hydrogen-bond acceptors (Lipinski definition) is 6. The van der Waals surface area contributed by atoms with Gasteiger partial charge in [-0.05, 0) is 49.3 Å². The van der Waals surface area contributed by atoms with Crippen molar-refractivity contribution in [2.75, 3.05) is 11.8 Å². The summed E-state index contributed by atoms with van der Waals surface area (Å²) in [5.74, 6) is -2.61. The number of ether oxygens (including phenoxy) is 1. The second kappa shape index (κ2) is 9.98. The van der Waals surface area contributed by atoms with E-state index in [0.29, 0.717) is 27.6 Å². The number of aromatic carboxylic acids is 1. The number of nitrogens with zero attached hydrogens (tertiary/aromatic N) is 1. The molecule has 1 aromatic heterocycles. The van der Waals surface area contributed by atoms with Crippen molar-refractivity contribution in [3.05, 3.63) is 64.0 Å². The first-order chi connectivity index (χ1) is 17.0. The van der Waals surface area contributed by atoms with Crippen LogP contribution in [0.25, 0.3) is 16.1 Å². The molecular weight excluding hydrogens is 510 g/mol. The van der Waals surface area contributed by atoms with Crippen molar-refractivity contribution in [2.45, 2.75) is 38.1 Å². The van der Waals surface area contributed by atoms with E-state index in [-0.39, 0.29) is 22.3 Å². The molecular formula is C25H24F2N2O5S2. The summed E-state index contributed by atoms with van der Waals surface area (Å²) in [6.45, 7) is 3.80. The molecule has 0 amide bonds. The van der Waals surface area contributed by atoms with Gasteiger partial charge in [0.1, 0.15) is 22.4 Å². The molecule has 0 saturated carbocycles. The van der Waals surface area contributed by atoms with E-state index in [2.05, 4.69) is 22.7 Å². The van der Waals surface area contributed by atoms with E-state index in [0.717, 1.165) is 48.3 Å². The lowest BCUT2D eigenvalue weighted by Gasteiger charge is -2.20. The van der Waals surface area contributed by atoms with Crippen LogP contribution in [-0.2, 0) is 10.0 Å². The molecule has 0 saturated heterocycles. The van der Waals surface area contributed by atoms with Crippen molar-refractivity contribution < 1.29 is 31.8 Å². The Morgan fingerprint density at radius 1 is 1.25 bits per heavy atom. The molecule has 11 heteroatoms. The van der Waals surface area contributed by atoms with Crippen molar-refractivity contribution in [1.29, 1.82) is 0 Å². The zero-order valence-corrected chi connectivity index (χ0v) is 21.4. The van der Waals surface area contributed by atoms with Gasteiger partial charge in [-0.1, -0.05) is 25.1 Å². The number of carboxylic acids is 1. The second-order valence-corrected chi connectivity index (χ2v) is 11.1. The average Bonchev–Trinajstić information content (AvgIpc) is 3.32. The summed E-state index contributed by atoms with van der Waals surface area (Å²) >= 11 is 1.03. The van der Waals surface area contributed by atoms with Gasteiger partial charge in [-0.2, -0.15) is 8.42 Å². The standard InChI is InChI=1S/C25H24F2N2O5S2/c1-13-4-6-15(7-5-13)17-9-8-16(14(2)23(17)27)24-28-22(12-35-24)36(32,33)29-20-11-19(26)18(25(30)31)10-21(20)34-3/h6,8-13,29H,4-5,7H2,1-3H3,(H,30,31). The van der Waals surface area contributed by atoms with Gasteiger partial charge in [-0.25, -0.2) is 18.6 Å². The van der Waals surface area contributed by atoms with Gasteiger partial charge in [-0.15, -0.1) is 11.3 Å². The Morgan fingerprint density at radius 2 is 1.97 bits per heavy atom. The number of nitrogens with one attached hydrogen (secondary N) is 1. The maximum absolute atomic E-state index is 15.3. The zero-order chi connectivity index (χ0) is 26.2. The molecule has 0 aliphatic heterocycles. The smallest absolute Gasteiger partial charge is 0.338 e. The number of carboxylic acid groups (broad SMARTS) is 1. The Labute approximate surface area is 211 Å². The summed E-state index contributed by atoms with van der Waals surface area (Å²) < 4.78 is 62.5. The van der Waals surface area contributed by atoms with Crippen molar-refractivity contribution in [3.8, 4) is 16.3 Å². The molecule has 0 fully saturated rings. The molecule has 190 valence electrons. The summed E-state index contributed by atoms with van der Waals surface area (Å²) in [6.07, 6.45) is 4.79. The number of allylic oxidation sites excluding steroid dienone is 2. The van der Waals surface area contributed by atoms with Crippen LogP contribution < -0.4 is 9.46 Å². The zero-order valence-electron chi connectivity index (χ0n) is 19.8. The Kier molecular flexibility index (Phi) is 7.14. The van der Waals surface area contributed by atoms with Crippen LogP contribution in [0.3, 0.4) is 0 Å². The van der Waals surface area contributed by atoms with Crippen LogP contribution in [0.5, 0.6) is 5.75 Å². The Hall–Kier alpha value is -3.31. The Balaban J connectivity index is 1.63. The molecule has 1 heterocycles. The quantitative estimate of drug-likeness (QED) is 0.379. The van der Waals surface area contributed by atoms with Crippen LogP contribution >= 0.6 is 11.3 Å². The van der Waals surface area contributed by atoms with Crippen molar-refractivity contribution in [2.24, 2.45) is 5.92 Å². The molecule has 0 spiro atoms. The second-order valence-electron chi connectivity index (χ2n) is 8.64. The van der Waals surface area contributed by atoms with Crippen LogP contribution in [0.1, 0.15) is 47.7 Å². The van der Waals surface area contributed by atoms with Crippen molar-refractivity contribution in [3.63, 3.8) is 0 Å². The lowest BCUT2D eigenvalue weighted by Crippen LogP contribution is -2.15. The minimum absolute atomic E-state index is 0.173. The monoisotopic (exact) mass is 534 g/mol. The molecule has 1 atom stereocenters. The first-order valence-electron chi connectivity index (χ1n) is 11.1. The first kappa shape index (κ1) is 25.8. The SMILES string of the molecule is COc1cc(C(=O)O)c(F)cc1NS(=O)(=O)c1csc(-c2ccc(C3=CCC(C)CC3)c(F)c2C)n1. The number of carbonyl (C=O) groups is 1. The summed E-state index contributed by atoms with van der Waals surface area (Å²) in [6, 6.07) is 5.05. The average molecular weight is 535 g/mol. The third-order valence-corrected chi connectivity index (χ3v) is 8.43. The van der Waals surface area contributed by atoms with E-state index < -0.39 is 27.4 Å². The van der Waals surface area contributed by atoms with Gasteiger partial charge in [0, 0.05) is 22.6 Å². The van der Waals surface area contributed by atoms with Crippen LogP contribution in [0.2, 0.25) is 0 Å². The summed E-state index contributed by atoms with van der Waals surface area (Å²) in [5, 5.41) is 10.3. The molecule has 36 heavy (non-hydrogen) atoms. The molecule has 7 nitrogen and oxygen atoms in total. The molecule has 1 aliphatic rings. The predicted octanol–water partition coefficient (Wildman–Crippen LogP) is 6.11. The third kappa shape index (κ3) is 4.98. The molecule has 0 radical (unpaired) electrons. The number of aromatic nitrogens is 1. The summed E-state index contributed by atoms with van der Waals surface area (Å²) in [7, 11) is -3.09.